The molecule has 0 aromatic carbocycles. The minimum absolute atomic E-state index is 0.547. The molecule has 0 aliphatic heterocycles. The normalized spacial score (nSPS) is 19.1. The summed E-state index contributed by atoms with van der Waals surface area (Å²) in [6.45, 7) is 7.10. The van der Waals surface area contributed by atoms with Gasteiger partial charge in [0.25, 0.3) is 0 Å². The van der Waals surface area contributed by atoms with E-state index in [-0.39, 0.29) is 0 Å². The van der Waals surface area contributed by atoms with E-state index in [1.54, 1.807) is 0 Å². The van der Waals surface area contributed by atoms with Gasteiger partial charge in [-0.2, -0.15) is 11.8 Å². The van der Waals surface area contributed by atoms with E-state index in [9.17, 15) is 0 Å². The van der Waals surface area contributed by atoms with Gasteiger partial charge in [-0.3, -0.25) is 0 Å². The Morgan fingerprint density at radius 2 is 2.06 bits per heavy atom. The molecular formula is C13H27NOS. The molecule has 0 aromatic rings. The molecule has 1 aliphatic carbocycles. The van der Waals surface area contributed by atoms with Crippen molar-refractivity contribution in [1.82, 2.24) is 5.32 Å². The number of thioether (sulfide) groups is 1. The molecule has 1 aliphatic rings. The lowest BCUT2D eigenvalue weighted by molar-refractivity contribution is 0.128. The molecule has 0 amide bonds. The van der Waals surface area contributed by atoms with Crippen LogP contribution in [0.15, 0.2) is 0 Å². The largest absolute Gasteiger partial charge is 0.380 e. The summed E-state index contributed by atoms with van der Waals surface area (Å²) >= 11 is 2.15. The summed E-state index contributed by atoms with van der Waals surface area (Å²) < 4.78 is 5.53. The Balaban J connectivity index is 2.13. The van der Waals surface area contributed by atoms with E-state index in [1.807, 2.05) is 0 Å². The number of rotatable bonds is 9. The van der Waals surface area contributed by atoms with E-state index in [0.29, 0.717) is 6.04 Å². The molecule has 0 aromatic heterocycles. The zero-order chi connectivity index (χ0) is 11.6. The summed E-state index contributed by atoms with van der Waals surface area (Å²) in [5.74, 6) is 1.21. The molecule has 1 rings (SSSR count). The Morgan fingerprint density at radius 1 is 1.31 bits per heavy atom. The van der Waals surface area contributed by atoms with Crippen molar-refractivity contribution in [2.75, 3.05) is 25.5 Å². The van der Waals surface area contributed by atoms with Gasteiger partial charge in [-0.25, -0.2) is 0 Å². The lowest BCUT2D eigenvalue weighted by Crippen LogP contribution is -2.36. The van der Waals surface area contributed by atoms with Gasteiger partial charge < -0.3 is 10.1 Å². The van der Waals surface area contributed by atoms with Gasteiger partial charge >= 0.3 is 0 Å². The third-order valence-electron chi connectivity index (χ3n) is 3.04. The molecule has 0 heterocycles. The summed E-state index contributed by atoms with van der Waals surface area (Å²) in [5.41, 5.74) is 0. The van der Waals surface area contributed by atoms with Gasteiger partial charge in [0.05, 0.1) is 6.61 Å². The van der Waals surface area contributed by atoms with Crippen molar-refractivity contribution < 1.29 is 4.74 Å². The first-order valence-corrected chi connectivity index (χ1v) is 7.84. The van der Waals surface area contributed by atoms with E-state index in [0.717, 1.165) is 25.0 Å². The summed E-state index contributed by atoms with van der Waals surface area (Å²) in [4.78, 5) is 0. The van der Waals surface area contributed by atoms with Crippen LogP contribution >= 0.6 is 11.8 Å². The monoisotopic (exact) mass is 245 g/mol. The predicted octanol–water partition coefficient (Wildman–Crippen LogP) is 3.07. The first-order chi connectivity index (χ1) is 7.86. The molecule has 2 nitrogen and oxygen atoms in total. The maximum absolute atomic E-state index is 5.53. The quantitative estimate of drug-likeness (QED) is 0.674. The zero-order valence-electron chi connectivity index (χ0n) is 10.8. The molecule has 1 atom stereocenters. The summed E-state index contributed by atoms with van der Waals surface area (Å²) in [5, 5.41) is 4.51. The standard InChI is InChI=1S/C13H27NOS/c1-3-9-14-12(10-15-4-2)11-16-13-7-5-6-8-13/h12-14H,3-11H2,1-2H3. The summed E-state index contributed by atoms with van der Waals surface area (Å²) in [6.07, 6.45) is 6.95. The molecular weight excluding hydrogens is 218 g/mol. The first kappa shape index (κ1) is 14.3. The minimum atomic E-state index is 0.547. The topological polar surface area (TPSA) is 21.3 Å². The highest BCUT2D eigenvalue weighted by Gasteiger charge is 2.17. The second kappa shape index (κ2) is 9.32. The smallest absolute Gasteiger partial charge is 0.0627 e. The molecule has 1 N–H and O–H groups in total. The van der Waals surface area contributed by atoms with Crippen molar-refractivity contribution >= 4 is 11.8 Å². The van der Waals surface area contributed by atoms with Gasteiger partial charge in [-0.15, -0.1) is 0 Å². The number of hydrogen-bond donors (Lipinski definition) is 1. The van der Waals surface area contributed by atoms with Crippen LogP contribution in [0.1, 0.15) is 46.0 Å². The van der Waals surface area contributed by atoms with Gasteiger partial charge in [0.1, 0.15) is 0 Å². The van der Waals surface area contributed by atoms with Crippen LogP contribution in [0, 0.1) is 0 Å². The molecule has 0 saturated heterocycles. The van der Waals surface area contributed by atoms with Gasteiger partial charge in [0.15, 0.2) is 0 Å². The molecule has 1 fully saturated rings. The van der Waals surface area contributed by atoms with Crippen molar-refractivity contribution in [2.24, 2.45) is 0 Å². The Labute approximate surface area is 105 Å². The van der Waals surface area contributed by atoms with E-state index in [4.69, 9.17) is 4.74 Å². The van der Waals surface area contributed by atoms with Crippen LogP contribution in [-0.2, 0) is 4.74 Å². The van der Waals surface area contributed by atoms with Crippen LogP contribution in [0.4, 0.5) is 0 Å². The Hall–Kier alpha value is 0.270. The van der Waals surface area contributed by atoms with Crippen molar-refractivity contribution in [1.29, 1.82) is 0 Å². The fourth-order valence-corrected chi connectivity index (χ4v) is 3.47. The van der Waals surface area contributed by atoms with Crippen LogP contribution in [0.2, 0.25) is 0 Å². The minimum Gasteiger partial charge on any atom is -0.380 e. The highest BCUT2D eigenvalue weighted by Crippen LogP contribution is 2.29. The highest BCUT2D eigenvalue weighted by atomic mass is 32.2. The molecule has 0 radical (unpaired) electrons. The van der Waals surface area contributed by atoms with Gasteiger partial charge in [0.2, 0.25) is 0 Å². The van der Waals surface area contributed by atoms with Gasteiger partial charge in [-0.05, 0) is 32.7 Å². The average Bonchev–Trinajstić information content (AvgIpc) is 2.81. The molecule has 3 heteroatoms. The molecule has 0 bridgehead atoms. The molecule has 0 spiro atoms. The van der Waals surface area contributed by atoms with Crippen LogP contribution in [-0.4, -0.2) is 36.8 Å². The van der Waals surface area contributed by atoms with Crippen LogP contribution < -0.4 is 5.32 Å². The van der Waals surface area contributed by atoms with Gasteiger partial charge in [0, 0.05) is 23.7 Å². The van der Waals surface area contributed by atoms with E-state index in [2.05, 4.69) is 30.9 Å². The fourth-order valence-electron chi connectivity index (χ4n) is 2.08. The van der Waals surface area contributed by atoms with Gasteiger partial charge in [-0.1, -0.05) is 19.8 Å². The van der Waals surface area contributed by atoms with E-state index >= 15 is 0 Å². The van der Waals surface area contributed by atoms with Crippen LogP contribution in [0.3, 0.4) is 0 Å². The number of ether oxygens (including phenoxy) is 1. The summed E-state index contributed by atoms with van der Waals surface area (Å²) in [7, 11) is 0. The predicted molar refractivity (Wildman–Crippen MR) is 73.3 cm³/mol. The summed E-state index contributed by atoms with van der Waals surface area (Å²) in [6, 6.07) is 0.547. The van der Waals surface area contributed by atoms with Crippen molar-refractivity contribution in [3.8, 4) is 0 Å². The number of nitrogens with one attached hydrogen (secondary N) is 1. The fraction of sp³-hybridized carbons (Fsp3) is 1.00. The molecule has 1 saturated carbocycles. The second-order valence-corrected chi connectivity index (χ2v) is 5.88. The van der Waals surface area contributed by atoms with Crippen LogP contribution in [0.25, 0.3) is 0 Å². The van der Waals surface area contributed by atoms with Crippen LogP contribution in [0.5, 0.6) is 0 Å². The maximum atomic E-state index is 5.53. The van der Waals surface area contributed by atoms with Crippen molar-refractivity contribution in [2.45, 2.75) is 57.2 Å². The SMILES string of the molecule is CCCNC(COCC)CSC1CCCC1. The van der Waals surface area contributed by atoms with E-state index in [1.165, 1.54) is 37.9 Å². The number of hydrogen-bond acceptors (Lipinski definition) is 3. The highest BCUT2D eigenvalue weighted by molar-refractivity contribution is 7.99. The van der Waals surface area contributed by atoms with Crippen molar-refractivity contribution in [3.05, 3.63) is 0 Å². The zero-order valence-corrected chi connectivity index (χ0v) is 11.7. The molecule has 96 valence electrons. The Bertz CT molecular complexity index is 152. The Kier molecular flexibility index (Phi) is 8.34. The third-order valence-corrected chi connectivity index (χ3v) is 4.58. The van der Waals surface area contributed by atoms with Crippen molar-refractivity contribution in [3.63, 3.8) is 0 Å². The maximum Gasteiger partial charge on any atom is 0.0627 e. The second-order valence-electron chi connectivity index (χ2n) is 4.55. The Morgan fingerprint density at radius 3 is 2.69 bits per heavy atom. The third kappa shape index (κ3) is 6.12. The van der Waals surface area contributed by atoms with E-state index < -0.39 is 0 Å². The first-order valence-electron chi connectivity index (χ1n) is 6.79. The lowest BCUT2D eigenvalue weighted by Gasteiger charge is -2.19. The average molecular weight is 245 g/mol. The molecule has 1 unspecified atom stereocenters. The lowest BCUT2D eigenvalue weighted by atomic mass is 10.3. The molecule has 16 heavy (non-hydrogen) atoms.